The molecule has 0 aliphatic rings. The second-order valence-electron chi connectivity index (χ2n) is 4.15. The van der Waals surface area contributed by atoms with E-state index in [4.69, 9.17) is 16.3 Å². The van der Waals surface area contributed by atoms with Crippen LogP contribution in [0.1, 0.15) is 23.4 Å². The Labute approximate surface area is 149 Å². The summed E-state index contributed by atoms with van der Waals surface area (Å²) in [5, 5.41) is -0.218. The minimum atomic E-state index is -0.218. The van der Waals surface area contributed by atoms with Crippen molar-refractivity contribution in [2.24, 2.45) is 0 Å². The largest absolute Gasteiger partial charge is 0.493 e. The first-order valence-corrected chi connectivity index (χ1v) is 8.85. The normalized spacial score (nSPS) is 12.2. The molecule has 0 N–H and O–H groups in total. The Morgan fingerprint density at radius 2 is 1.80 bits per heavy atom. The van der Waals surface area contributed by atoms with Gasteiger partial charge in [-0.15, -0.1) is 11.6 Å². The van der Waals surface area contributed by atoms with Crippen LogP contribution in [0, 0.1) is 0 Å². The molecule has 0 aliphatic carbocycles. The van der Waals surface area contributed by atoms with Gasteiger partial charge in [-0.3, -0.25) is 0 Å². The van der Waals surface area contributed by atoms with Crippen molar-refractivity contribution >= 4 is 59.4 Å². The van der Waals surface area contributed by atoms with E-state index in [1.807, 2.05) is 43.3 Å². The summed E-state index contributed by atoms with van der Waals surface area (Å²) < 4.78 is 8.43. The number of hydrogen-bond donors (Lipinski definition) is 0. The van der Waals surface area contributed by atoms with Crippen LogP contribution >= 0.6 is 59.4 Å². The topological polar surface area (TPSA) is 9.23 Å². The maximum atomic E-state index is 6.58. The van der Waals surface area contributed by atoms with E-state index in [0.717, 1.165) is 30.3 Å². The van der Waals surface area contributed by atoms with Crippen molar-refractivity contribution in [1.29, 1.82) is 0 Å². The van der Waals surface area contributed by atoms with Crippen molar-refractivity contribution in [1.82, 2.24) is 0 Å². The van der Waals surface area contributed by atoms with Gasteiger partial charge in [-0.2, -0.15) is 0 Å². The molecule has 5 heteroatoms. The number of halogens is 4. The van der Waals surface area contributed by atoms with Crippen molar-refractivity contribution in [2.45, 2.75) is 12.3 Å². The Morgan fingerprint density at radius 3 is 2.40 bits per heavy atom. The number of ether oxygens (including phenoxy) is 1. The highest BCUT2D eigenvalue weighted by Crippen LogP contribution is 2.37. The van der Waals surface area contributed by atoms with Crippen molar-refractivity contribution in [3.8, 4) is 5.75 Å². The summed E-state index contributed by atoms with van der Waals surface area (Å²) in [4.78, 5) is 0. The molecule has 1 atom stereocenters. The summed E-state index contributed by atoms with van der Waals surface area (Å²) in [7, 11) is 0. The van der Waals surface area contributed by atoms with Crippen LogP contribution in [-0.4, -0.2) is 6.61 Å². The first-order valence-electron chi connectivity index (χ1n) is 6.04. The number of alkyl halides is 1. The van der Waals surface area contributed by atoms with Gasteiger partial charge >= 0.3 is 0 Å². The number of hydrogen-bond acceptors (Lipinski definition) is 1. The third kappa shape index (κ3) is 3.79. The van der Waals surface area contributed by atoms with Crippen molar-refractivity contribution in [2.75, 3.05) is 6.61 Å². The second-order valence-corrected chi connectivity index (χ2v) is 7.21. The SMILES string of the molecule is CCOc1ccc(C(Cl)c2ccc(Br)cc2Br)cc1Br. The lowest BCUT2D eigenvalue weighted by molar-refractivity contribution is 0.338. The standard InChI is InChI=1S/C15H12Br3ClO/c1-2-20-14-6-3-9(7-13(14)18)15(19)11-5-4-10(16)8-12(11)17/h3-8,15H,2H2,1H3. The Balaban J connectivity index is 2.33. The third-order valence-corrected chi connectivity index (χ3v) is 5.07. The Kier molecular flexibility index (Phi) is 5.96. The minimum Gasteiger partial charge on any atom is -0.493 e. The molecule has 2 aromatic rings. The zero-order valence-corrected chi connectivity index (χ0v) is 16.2. The van der Waals surface area contributed by atoms with Crippen LogP contribution in [0.3, 0.4) is 0 Å². The van der Waals surface area contributed by atoms with Gasteiger partial charge in [0.15, 0.2) is 0 Å². The molecule has 106 valence electrons. The van der Waals surface area contributed by atoms with Crippen LogP contribution in [0.25, 0.3) is 0 Å². The van der Waals surface area contributed by atoms with Gasteiger partial charge in [0.05, 0.1) is 16.5 Å². The van der Waals surface area contributed by atoms with Gasteiger partial charge in [0.2, 0.25) is 0 Å². The van der Waals surface area contributed by atoms with Crippen LogP contribution in [-0.2, 0) is 0 Å². The van der Waals surface area contributed by atoms with Gasteiger partial charge in [-0.1, -0.05) is 44.0 Å². The van der Waals surface area contributed by atoms with Crippen LogP contribution < -0.4 is 4.74 Å². The maximum Gasteiger partial charge on any atom is 0.133 e. The van der Waals surface area contributed by atoms with Crippen molar-refractivity contribution in [3.63, 3.8) is 0 Å². The Hall–Kier alpha value is -0.0300. The maximum absolute atomic E-state index is 6.58. The first kappa shape index (κ1) is 16.3. The molecule has 2 aromatic carbocycles. The summed E-state index contributed by atoms with van der Waals surface area (Å²) in [6.45, 7) is 2.60. The quantitative estimate of drug-likeness (QED) is 0.440. The van der Waals surface area contributed by atoms with Crippen molar-refractivity contribution in [3.05, 3.63) is 60.9 Å². The molecule has 0 radical (unpaired) electrons. The van der Waals surface area contributed by atoms with Crippen molar-refractivity contribution < 1.29 is 4.74 Å². The zero-order chi connectivity index (χ0) is 14.7. The van der Waals surface area contributed by atoms with E-state index in [2.05, 4.69) is 47.8 Å². The molecule has 0 saturated carbocycles. The molecular weight excluding hydrogens is 471 g/mol. The molecule has 1 nitrogen and oxygen atoms in total. The number of rotatable bonds is 4. The highest BCUT2D eigenvalue weighted by Gasteiger charge is 2.15. The lowest BCUT2D eigenvalue weighted by Gasteiger charge is -2.14. The molecule has 2 rings (SSSR count). The predicted molar refractivity (Wildman–Crippen MR) is 94.8 cm³/mol. The van der Waals surface area contributed by atoms with Gasteiger partial charge in [0.1, 0.15) is 5.75 Å². The lowest BCUT2D eigenvalue weighted by atomic mass is 10.0. The van der Waals surface area contributed by atoms with E-state index in [1.165, 1.54) is 0 Å². The predicted octanol–water partition coefficient (Wildman–Crippen LogP) is 6.70. The fraction of sp³-hybridized carbons (Fsp3) is 0.200. The van der Waals surface area contributed by atoms with E-state index in [1.54, 1.807) is 0 Å². The van der Waals surface area contributed by atoms with Gasteiger partial charge < -0.3 is 4.74 Å². The zero-order valence-electron chi connectivity index (χ0n) is 10.7. The van der Waals surface area contributed by atoms with Gasteiger partial charge in [-0.25, -0.2) is 0 Å². The molecule has 0 heterocycles. The average molecular weight is 483 g/mol. The molecule has 0 fully saturated rings. The summed E-state index contributed by atoms with van der Waals surface area (Å²) in [5.41, 5.74) is 2.05. The fourth-order valence-corrected chi connectivity index (χ4v) is 4.08. The Bertz CT molecular complexity index is 616. The van der Waals surface area contributed by atoms with Crippen LogP contribution in [0.4, 0.5) is 0 Å². The second kappa shape index (κ2) is 7.30. The first-order chi connectivity index (χ1) is 9.52. The summed E-state index contributed by atoms with van der Waals surface area (Å²) in [6, 6.07) is 11.9. The summed E-state index contributed by atoms with van der Waals surface area (Å²) in [6.07, 6.45) is 0. The highest BCUT2D eigenvalue weighted by molar-refractivity contribution is 9.11. The van der Waals surface area contributed by atoms with Gasteiger partial charge in [0, 0.05) is 8.95 Å². The van der Waals surface area contributed by atoms with Gasteiger partial charge in [-0.05, 0) is 58.2 Å². The van der Waals surface area contributed by atoms with Gasteiger partial charge in [0.25, 0.3) is 0 Å². The minimum absolute atomic E-state index is 0.218. The summed E-state index contributed by atoms with van der Waals surface area (Å²) in [5.74, 6) is 0.829. The fourth-order valence-electron chi connectivity index (χ4n) is 1.83. The molecule has 1 unspecified atom stereocenters. The Morgan fingerprint density at radius 1 is 1.05 bits per heavy atom. The van der Waals surface area contributed by atoms with Crippen LogP contribution in [0.15, 0.2) is 49.8 Å². The molecule has 0 spiro atoms. The molecule has 0 saturated heterocycles. The molecule has 20 heavy (non-hydrogen) atoms. The van der Waals surface area contributed by atoms with E-state index >= 15 is 0 Å². The average Bonchev–Trinajstić information content (AvgIpc) is 2.40. The smallest absolute Gasteiger partial charge is 0.133 e. The van der Waals surface area contributed by atoms with E-state index in [-0.39, 0.29) is 5.38 Å². The van der Waals surface area contributed by atoms with E-state index < -0.39 is 0 Å². The molecular formula is C15H12Br3ClO. The third-order valence-electron chi connectivity index (χ3n) is 2.78. The summed E-state index contributed by atoms with van der Waals surface area (Å²) >= 11 is 17.1. The molecule has 0 aliphatic heterocycles. The van der Waals surface area contributed by atoms with E-state index in [9.17, 15) is 0 Å². The lowest BCUT2D eigenvalue weighted by Crippen LogP contribution is -1.97. The van der Waals surface area contributed by atoms with Crippen LogP contribution in [0.5, 0.6) is 5.75 Å². The van der Waals surface area contributed by atoms with Crippen LogP contribution in [0.2, 0.25) is 0 Å². The molecule has 0 amide bonds. The monoisotopic (exact) mass is 480 g/mol. The molecule has 0 bridgehead atoms. The number of benzene rings is 2. The molecule has 0 aromatic heterocycles. The highest BCUT2D eigenvalue weighted by atomic mass is 79.9. The van der Waals surface area contributed by atoms with E-state index in [0.29, 0.717) is 6.61 Å².